The first-order chi connectivity index (χ1) is 14.2. The van der Waals surface area contributed by atoms with E-state index in [4.69, 9.17) is 9.26 Å². The summed E-state index contributed by atoms with van der Waals surface area (Å²) in [4.78, 5) is 16.9. The summed E-state index contributed by atoms with van der Waals surface area (Å²) >= 11 is 0. The number of nitrogens with one attached hydrogen (secondary N) is 1. The summed E-state index contributed by atoms with van der Waals surface area (Å²) in [6.07, 6.45) is 0. The van der Waals surface area contributed by atoms with E-state index in [1.54, 1.807) is 36.4 Å². The molecule has 29 heavy (non-hydrogen) atoms. The predicted octanol–water partition coefficient (Wildman–Crippen LogP) is 5.05. The van der Waals surface area contributed by atoms with Crippen molar-refractivity contribution in [2.75, 3.05) is 11.9 Å². The molecule has 0 aliphatic heterocycles. The lowest BCUT2D eigenvalue weighted by Crippen LogP contribution is -2.11. The molecule has 0 bridgehead atoms. The highest BCUT2D eigenvalue weighted by Gasteiger charge is 2.12. The largest absolute Gasteiger partial charge is 0.494 e. The fourth-order valence-electron chi connectivity index (χ4n) is 2.81. The minimum atomic E-state index is -0.198. The number of ether oxygens (including phenoxy) is 1. The molecular weight excluding hydrogens is 366 g/mol. The third-order valence-electron chi connectivity index (χ3n) is 4.28. The van der Waals surface area contributed by atoms with Gasteiger partial charge in [0.05, 0.1) is 6.61 Å². The zero-order valence-electron chi connectivity index (χ0n) is 15.8. The van der Waals surface area contributed by atoms with Crippen molar-refractivity contribution >= 4 is 11.6 Å². The highest BCUT2D eigenvalue weighted by molar-refractivity contribution is 6.04. The Morgan fingerprint density at radius 3 is 2.34 bits per heavy atom. The molecule has 0 unspecified atom stereocenters. The maximum Gasteiger partial charge on any atom is 0.258 e. The van der Waals surface area contributed by atoms with Crippen LogP contribution in [0.5, 0.6) is 5.75 Å². The molecule has 3 aromatic carbocycles. The van der Waals surface area contributed by atoms with Gasteiger partial charge in [0.2, 0.25) is 5.82 Å². The molecule has 1 amide bonds. The van der Waals surface area contributed by atoms with E-state index in [9.17, 15) is 4.79 Å². The van der Waals surface area contributed by atoms with Crippen LogP contribution in [0.2, 0.25) is 0 Å². The molecular formula is C23H19N3O3. The Balaban J connectivity index is 1.45. The molecule has 0 saturated heterocycles. The van der Waals surface area contributed by atoms with Crippen LogP contribution in [-0.4, -0.2) is 22.7 Å². The Labute approximate surface area is 168 Å². The van der Waals surface area contributed by atoms with E-state index in [-0.39, 0.29) is 5.91 Å². The second-order valence-electron chi connectivity index (χ2n) is 6.28. The predicted molar refractivity (Wildman–Crippen MR) is 111 cm³/mol. The zero-order chi connectivity index (χ0) is 20.1. The van der Waals surface area contributed by atoms with Gasteiger partial charge in [0.15, 0.2) is 0 Å². The lowest BCUT2D eigenvalue weighted by molar-refractivity contribution is 0.102. The standard InChI is InChI=1S/C23H19N3O3/c1-2-28-20-14-12-19(13-15-20)24-22(27)17-8-10-18(11-9-17)23-25-21(26-29-23)16-6-4-3-5-7-16/h3-15H,2H2,1H3,(H,24,27). The molecule has 0 spiro atoms. The van der Waals surface area contributed by atoms with Crippen LogP contribution in [0.4, 0.5) is 5.69 Å². The van der Waals surface area contributed by atoms with Crippen LogP contribution in [0.25, 0.3) is 22.8 Å². The highest BCUT2D eigenvalue weighted by atomic mass is 16.5. The Morgan fingerprint density at radius 2 is 1.66 bits per heavy atom. The third-order valence-corrected chi connectivity index (χ3v) is 4.28. The summed E-state index contributed by atoms with van der Waals surface area (Å²) in [6, 6.07) is 23.9. The topological polar surface area (TPSA) is 77.2 Å². The molecule has 6 nitrogen and oxygen atoms in total. The van der Waals surface area contributed by atoms with Crippen LogP contribution < -0.4 is 10.1 Å². The van der Waals surface area contributed by atoms with E-state index in [0.29, 0.717) is 29.6 Å². The van der Waals surface area contributed by atoms with Crippen molar-refractivity contribution in [1.82, 2.24) is 10.1 Å². The van der Waals surface area contributed by atoms with Gasteiger partial charge in [-0.05, 0) is 55.5 Å². The number of carbonyl (C=O) groups is 1. The summed E-state index contributed by atoms with van der Waals surface area (Å²) in [5.74, 6) is 1.50. The first-order valence-corrected chi connectivity index (χ1v) is 9.26. The van der Waals surface area contributed by atoms with Gasteiger partial charge in [0.1, 0.15) is 5.75 Å². The lowest BCUT2D eigenvalue weighted by atomic mass is 10.1. The van der Waals surface area contributed by atoms with Gasteiger partial charge in [-0.3, -0.25) is 4.79 Å². The zero-order valence-corrected chi connectivity index (χ0v) is 15.8. The number of benzene rings is 3. The molecule has 144 valence electrons. The Bertz CT molecular complexity index is 1090. The number of rotatable bonds is 6. The summed E-state index contributed by atoms with van der Waals surface area (Å²) < 4.78 is 10.8. The summed E-state index contributed by atoms with van der Waals surface area (Å²) in [5, 5.41) is 6.89. The second kappa shape index (κ2) is 8.39. The van der Waals surface area contributed by atoms with Crippen molar-refractivity contribution in [3.63, 3.8) is 0 Å². The van der Waals surface area contributed by atoms with E-state index in [0.717, 1.165) is 16.9 Å². The van der Waals surface area contributed by atoms with Crippen molar-refractivity contribution in [2.24, 2.45) is 0 Å². The number of nitrogens with zero attached hydrogens (tertiary/aromatic N) is 2. The highest BCUT2D eigenvalue weighted by Crippen LogP contribution is 2.23. The van der Waals surface area contributed by atoms with Crippen LogP contribution in [0.3, 0.4) is 0 Å². The Hall–Kier alpha value is -3.93. The number of aromatic nitrogens is 2. The minimum Gasteiger partial charge on any atom is -0.494 e. The van der Waals surface area contributed by atoms with E-state index in [1.165, 1.54) is 0 Å². The fraction of sp³-hybridized carbons (Fsp3) is 0.0870. The molecule has 0 aliphatic carbocycles. The maximum absolute atomic E-state index is 12.5. The van der Waals surface area contributed by atoms with E-state index in [1.807, 2.05) is 49.4 Å². The van der Waals surface area contributed by atoms with Gasteiger partial charge in [-0.1, -0.05) is 35.5 Å². The van der Waals surface area contributed by atoms with Crippen LogP contribution >= 0.6 is 0 Å². The molecule has 4 aromatic rings. The molecule has 1 N–H and O–H groups in total. The summed E-state index contributed by atoms with van der Waals surface area (Å²) in [6.45, 7) is 2.53. The van der Waals surface area contributed by atoms with Crippen molar-refractivity contribution < 1.29 is 14.1 Å². The summed E-state index contributed by atoms with van der Waals surface area (Å²) in [7, 11) is 0. The fourth-order valence-corrected chi connectivity index (χ4v) is 2.81. The van der Waals surface area contributed by atoms with E-state index in [2.05, 4.69) is 15.5 Å². The van der Waals surface area contributed by atoms with Crippen molar-refractivity contribution in [1.29, 1.82) is 0 Å². The number of anilines is 1. The van der Waals surface area contributed by atoms with Gasteiger partial charge in [0.25, 0.3) is 11.8 Å². The monoisotopic (exact) mass is 385 g/mol. The van der Waals surface area contributed by atoms with Gasteiger partial charge in [-0.25, -0.2) is 0 Å². The molecule has 0 radical (unpaired) electrons. The Morgan fingerprint density at radius 1 is 0.931 bits per heavy atom. The van der Waals surface area contributed by atoms with Gasteiger partial charge < -0.3 is 14.6 Å². The SMILES string of the molecule is CCOc1ccc(NC(=O)c2ccc(-c3nc(-c4ccccc4)no3)cc2)cc1. The van der Waals surface area contributed by atoms with Gasteiger partial charge in [0, 0.05) is 22.4 Å². The van der Waals surface area contributed by atoms with Crippen LogP contribution in [-0.2, 0) is 0 Å². The first kappa shape index (κ1) is 18.4. The number of hydrogen-bond donors (Lipinski definition) is 1. The molecule has 0 fully saturated rings. The van der Waals surface area contributed by atoms with Gasteiger partial charge in [-0.2, -0.15) is 4.98 Å². The normalized spacial score (nSPS) is 10.5. The summed E-state index contributed by atoms with van der Waals surface area (Å²) in [5.41, 5.74) is 2.86. The molecule has 4 rings (SSSR count). The second-order valence-corrected chi connectivity index (χ2v) is 6.28. The quantitative estimate of drug-likeness (QED) is 0.502. The lowest BCUT2D eigenvalue weighted by Gasteiger charge is -2.07. The minimum absolute atomic E-state index is 0.198. The van der Waals surface area contributed by atoms with Crippen molar-refractivity contribution in [3.8, 4) is 28.6 Å². The van der Waals surface area contributed by atoms with Crippen molar-refractivity contribution in [3.05, 3.63) is 84.4 Å². The molecule has 0 atom stereocenters. The van der Waals surface area contributed by atoms with Crippen molar-refractivity contribution in [2.45, 2.75) is 6.92 Å². The average molecular weight is 385 g/mol. The maximum atomic E-state index is 12.5. The average Bonchev–Trinajstić information content (AvgIpc) is 3.26. The molecule has 6 heteroatoms. The van der Waals surface area contributed by atoms with E-state index >= 15 is 0 Å². The molecule has 0 aliphatic rings. The number of amides is 1. The van der Waals surface area contributed by atoms with Gasteiger partial charge >= 0.3 is 0 Å². The van der Waals surface area contributed by atoms with Crippen LogP contribution in [0.1, 0.15) is 17.3 Å². The number of hydrogen-bond acceptors (Lipinski definition) is 5. The smallest absolute Gasteiger partial charge is 0.258 e. The van der Waals surface area contributed by atoms with Gasteiger partial charge in [-0.15, -0.1) is 0 Å². The molecule has 1 heterocycles. The van der Waals surface area contributed by atoms with E-state index < -0.39 is 0 Å². The molecule has 1 aromatic heterocycles. The number of carbonyl (C=O) groups excluding carboxylic acids is 1. The molecule has 0 saturated carbocycles. The Kier molecular flexibility index (Phi) is 5.33. The first-order valence-electron chi connectivity index (χ1n) is 9.26. The van der Waals surface area contributed by atoms with Crippen LogP contribution in [0, 0.1) is 0 Å². The third kappa shape index (κ3) is 4.32. The van der Waals surface area contributed by atoms with Crippen LogP contribution in [0.15, 0.2) is 83.4 Å².